The molecule has 158 valence electrons. The molecule has 7 heteroatoms. The van der Waals surface area contributed by atoms with Crippen LogP contribution in [-0.2, 0) is 24.2 Å². The second kappa shape index (κ2) is 9.45. The van der Waals surface area contributed by atoms with Crippen LogP contribution in [0, 0.1) is 0 Å². The van der Waals surface area contributed by atoms with Crippen molar-refractivity contribution in [2.45, 2.75) is 26.3 Å². The van der Waals surface area contributed by atoms with Crippen LogP contribution >= 0.6 is 22.9 Å². The fraction of sp³-hybridized carbons (Fsp3) is 0.208. The Morgan fingerprint density at radius 3 is 2.55 bits per heavy atom. The van der Waals surface area contributed by atoms with Gasteiger partial charge in [-0.2, -0.15) is 0 Å². The second-order valence-electron chi connectivity index (χ2n) is 7.11. The number of ether oxygens (including phenoxy) is 1. The number of rotatable bonds is 7. The van der Waals surface area contributed by atoms with E-state index in [9.17, 15) is 4.79 Å². The summed E-state index contributed by atoms with van der Waals surface area (Å²) in [4.78, 5) is 24.0. The molecule has 0 aliphatic rings. The monoisotopic (exact) mass is 451 g/mol. The largest absolute Gasteiger partial charge is 0.494 e. The number of anilines is 1. The molecule has 2 aromatic heterocycles. The SMILES string of the molecule is CCc1ccc(CC(=O)N(Cc2cccnc2)c2nc3c(OC)ccc(Cl)c3s2)cc1. The first-order valence-electron chi connectivity index (χ1n) is 9.99. The van der Waals surface area contributed by atoms with Gasteiger partial charge in [0.25, 0.3) is 0 Å². The fourth-order valence-corrected chi connectivity index (χ4v) is 4.59. The number of methoxy groups -OCH3 is 1. The van der Waals surface area contributed by atoms with E-state index < -0.39 is 0 Å². The van der Waals surface area contributed by atoms with Gasteiger partial charge in [-0.25, -0.2) is 4.98 Å². The highest BCUT2D eigenvalue weighted by atomic mass is 35.5. The summed E-state index contributed by atoms with van der Waals surface area (Å²) >= 11 is 7.79. The van der Waals surface area contributed by atoms with E-state index in [4.69, 9.17) is 21.3 Å². The Labute approximate surface area is 190 Å². The van der Waals surface area contributed by atoms with Crippen LogP contribution in [0.3, 0.4) is 0 Å². The first-order valence-corrected chi connectivity index (χ1v) is 11.2. The second-order valence-corrected chi connectivity index (χ2v) is 8.50. The van der Waals surface area contributed by atoms with E-state index >= 15 is 0 Å². The lowest BCUT2D eigenvalue weighted by molar-refractivity contribution is -0.118. The number of nitrogens with zero attached hydrogens (tertiary/aromatic N) is 3. The zero-order valence-electron chi connectivity index (χ0n) is 17.3. The molecule has 0 N–H and O–H groups in total. The van der Waals surface area contributed by atoms with Gasteiger partial charge in [0.05, 0.1) is 29.8 Å². The lowest BCUT2D eigenvalue weighted by atomic mass is 10.1. The molecule has 2 heterocycles. The van der Waals surface area contributed by atoms with E-state index in [0.29, 0.717) is 28.0 Å². The molecule has 4 rings (SSSR count). The van der Waals surface area contributed by atoms with Crippen molar-refractivity contribution < 1.29 is 9.53 Å². The molecule has 0 radical (unpaired) electrons. The Kier molecular flexibility index (Phi) is 6.49. The molecule has 2 aromatic carbocycles. The highest BCUT2D eigenvalue weighted by molar-refractivity contribution is 7.23. The Morgan fingerprint density at radius 2 is 1.87 bits per heavy atom. The molecule has 4 aromatic rings. The van der Waals surface area contributed by atoms with E-state index in [-0.39, 0.29) is 12.3 Å². The van der Waals surface area contributed by atoms with Crippen molar-refractivity contribution >= 4 is 44.2 Å². The maximum absolute atomic E-state index is 13.4. The van der Waals surface area contributed by atoms with Crippen molar-refractivity contribution in [3.63, 3.8) is 0 Å². The topological polar surface area (TPSA) is 55.3 Å². The van der Waals surface area contributed by atoms with Crippen LogP contribution in [0.25, 0.3) is 10.2 Å². The summed E-state index contributed by atoms with van der Waals surface area (Å²) in [5.74, 6) is 0.591. The van der Waals surface area contributed by atoms with Gasteiger partial charge in [0.2, 0.25) is 5.91 Å². The van der Waals surface area contributed by atoms with Gasteiger partial charge in [-0.3, -0.25) is 14.7 Å². The summed E-state index contributed by atoms with van der Waals surface area (Å²) in [5.41, 5.74) is 3.80. The van der Waals surface area contributed by atoms with Crippen LogP contribution in [0.15, 0.2) is 60.9 Å². The third-order valence-corrected chi connectivity index (χ3v) is 6.59. The number of hydrogen-bond donors (Lipinski definition) is 0. The van der Waals surface area contributed by atoms with Crippen molar-refractivity contribution in [3.05, 3.63) is 82.6 Å². The molecule has 1 amide bonds. The zero-order chi connectivity index (χ0) is 21.8. The molecule has 0 saturated heterocycles. The van der Waals surface area contributed by atoms with Crippen LogP contribution < -0.4 is 9.64 Å². The van der Waals surface area contributed by atoms with Gasteiger partial charge in [-0.1, -0.05) is 60.2 Å². The molecule has 31 heavy (non-hydrogen) atoms. The van der Waals surface area contributed by atoms with E-state index in [1.165, 1.54) is 16.9 Å². The summed E-state index contributed by atoms with van der Waals surface area (Å²) in [6.07, 6.45) is 4.73. The molecule has 0 aliphatic heterocycles. The highest BCUT2D eigenvalue weighted by Crippen LogP contribution is 2.39. The van der Waals surface area contributed by atoms with Gasteiger partial charge in [0.15, 0.2) is 5.13 Å². The molecule has 0 fully saturated rings. The first kappa shape index (κ1) is 21.3. The molecular formula is C24H22ClN3O2S. The van der Waals surface area contributed by atoms with Gasteiger partial charge in [0.1, 0.15) is 11.3 Å². The number of fused-ring (bicyclic) bond motifs is 1. The van der Waals surface area contributed by atoms with Crippen LogP contribution in [0.4, 0.5) is 5.13 Å². The van der Waals surface area contributed by atoms with Gasteiger partial charge >= 0.3 is 0 Å². The van der Waals surface area contributed by atoms with E-state index in [1.54, 1.807) is 36.5 Å². The van der Waals surface area contributed by atoms with Crippen LogP contribution in [0.2, 0.25) is 5.02 Å². The van der Waals surface area contributed by atoms with E-state index in [1.807, 2.05) is 24.3 Å². The van der Waals surface area contributed by atoms with Crippen molar-refractivity contribution in [2.24, 2.45) is 0 Å². The van der Waals surface area contributed by atoms with Crippen molar-refractivity contribution in [1.29, 1.82) is 0 Å². The number of pyridine rings is 1. The standard InChI is InChI=1S/C24H22ClN3O2S/c1-3-16-6-8-17(9-7-16)13-21(29)28(15-18-5-4-12-26-14-18)24-27-22-20(30-2)11-10-19(25)23(22)31-24/h4-12,14H,3,13,15H2,1-2H3. The molecule has 0 saturated carbocycles. The number of aryl methyl sites for hydroxylation is 1. The lowest BCUT2D eigenvalue weighted by Gasteiger charge is -2.20. The van der Waals surface area contributed by atoms with Crippen LogP contribution in [0.1, 0.15) is 23.6 Å². The minimum atomic E-state index is -0.0396. The minimum absolute atomic E-state index is 0.0396. The highest BCUT2D eigenvalue weighted by Gasteiger charge is 2.22. The number of carbonyl (C=O) groups is 1. The van der Waals surface area contributed by atoms with Crippen molar-refractivity contribution in [1.82, 2.24) is 9.97 Å². The first-order chi connectivity index (χ1) is 15.1. The van der Waals surface area contributed by atoms with E-state index in [2.05, 4.69) is 24.0 Å². The predicted molar refractivity (Wildman–Crippen MR) is 126 cm³/mol. The summed E-state index contributed by atoms with van der Waals surface area (Å²) in [6.45, 7) is 2.49. The molecular weight excluding hydrogens is 430 g/mol. The van der Waals surface area contributed by atoms with Gasteiger partial charge in [0, 0.05) is 12.4 Å². The molecule has 0 spiro atoms. The number of halogens is 1. The number of hydrogen-bond acceptors (Lipinski definition) is 5. The maximum atomic E-state index is 13.4. The molecule has 5 nitrogen and oxygen atoms in total. The summed E-state index contributed by atoms with van der Waals surface area (Å²) in [6, 6.07) is 15.5. The van der Waals surface area contributed by atoms with Crippen molar-refractivity contribution in [3.8, 4) is 5.75 Å². The Balaban J connectivity index is 1.71. The fourth-order valence-electron chi connectivity index (χ4n) is 3.32. The number of aromatic nitrogens is 2. The zero-order valence-corrected chi connectivity index (χ0v) is 18.9. The molecule has 0 aliphatic carbocycles. The average molecular weight is 452 g/mol. The average Bonchev–Trinajstić information content (AvgIpc) is 3.25. The smallest absolute Gasteiger partial charge is 0.233 e. The Bertz CT molecular complexity index is 1190. The van der Waals surface area contributed by atoms with Gasteiger partial charge in [-0.15, -0.1) is 0 Å². The van der Waals surface area contributed by atoms with Gasteiger partial charge < -0.3 is 4.74 Å². The lowest BCUT2D eigenvalue weighted by Crippen LogP contribution is -2.31. The summed E-state index contributed by atoms with van der Waals surface area (Å²) < 4.78 is 6.24. The quantitative estimate of drug-likeness (QED) is 0.362. The summed E-state index contributed by atoms with van der Waals surface area (Å²) in [7, 11) is 1.60. The Hall–Kier alpha value is -2.96. The Morgan fingerprint density at radius 1 is 1.10 bits per heavy atom. The third kappa shape index (κ3) is 4.70. The van der Waals surface area contributed by atoms with Crippen LogP contribution in [-0.4, -0.2) is 23.0 Å². The number of thiazole rings is 1. The molecule has 0 bridgehead atoms. The normalized spacial score (nSPS) is 10.9. The summed E-state index contributed by atoms with van der Waals surface area (Å²) in [5, 5.41) is 1.17. The number of benzene rings is 2. The molecule has 0 unspecified atom stereocenters. The molecule has 0 atom stereocenters. The number of amides is 1. The van der Waals surface area contributed by atoms with Crippen LogP contribution in [0.5, 0.6) is 5.75 Å². The number of carbonyl (C=O) groups excluding carboxylic acids is 1. The van der Waals surface area contributed by atoms with Gasteiger partial charge in [-0.05, 0) is 41.3 Å². The minimum Gasteiger partial charge on any atom is -0.494 e. The predicted octanol–water partition coefficient (Wildman–Crippen LogP) is 5.69. The van der Waals surface area contributed by atoms with Crippen molar-refractivity contribution in [2.75, 3.05) is 12.0 Å². The third-order valence-electron chi connectivity index (χ3n) is 5.05. The van der Waals surface area contributed by atoms with E-state index in [0.717, 1.165) is 22.2 Å². The maximum Gasteiger partial charge on any atom is 0.233 e.